The van der Waals surface area contributed by atoms with Crippen molar-refractivity contribution in [3.63, 3.8) is 0 Å². The van der Waals surface area contributed by atoms with E-state index in [2.05, 4.69) is 5.10 Å². The van der Waals surface area contributed by atoms with Gasteiger partial charge in [0.2, 0.25) is 5.96 Å². The minimum Gasteiger partial charge on any atom is -0.477 e. The Bertz CT molecular complexity index is 199. The molecule has 0 saturated heterocycles. The maximum absolute atomic E-state index is 10.3. The second kappa shape index (κ2) is 4.26. The molecule has 0 unspecified atom stereocenters. The molecule has 0 aliphatic carbocycles. The van der Waals surface area contributed by atoms with Crippen molar-refractivity contribution in [2.45, 2.75) is 13.3 Å². The molecule has 0 radical (unpaired) electrons. The zero-order valence-electron chi connectivity index (χ0n) is 6.09. The van der Waals surface area contributed by atoms with Gasteiger partial charge in [0, 0.05) is 0 Å². The van der Waals surface area contributed by atoms with Gasteiger partial charge in [-0.3, -0.25) is 5.41 Å². The van der Waals surface area contributed by atoms with Crippen molar-refractivity contribution < 1.29 is 9.90 Å². The maximum atomic E-state index is 10.3. The first kappa shape index (κ1) is 9.41. The summed E-state index contributed by atoms with van der Waals surface area (Å²) in [5.41, 5.74) is 6.86. The highest BCUT2D eigenvalue weighted by molar-refractivity contribution is 6.35. The van der Waals surface area contributed by atoms with E-state index < -0.39 is 5.97 Å². The molecule has 0 spiro atoms. The quantitative estimate of drug-likeness (QED) is 0.247. The van der Waals surface area contributed by atoms with Gasteiger partial charge in [-0.25, -0.2) is 10.2 Å². The van der Waals surface area contributed by atoms with E-state index in [-0.39, 0.29) is 18.1 Å². The number of guanidine groups is 1. The molecule has 0 heterocycles. The summed E-state index contributed by atoms with van der Waals surface area (Å²) in [6.07, 6.45) is 0.287. The second-order valence-electron chi connectivity index (χ2n) is 1.74. The molecule has 0 rings (SSSR count). The van der Waals surface area contributed by atoms with Gasteiger partial charge in [0.1, 0.15) is 5.71 Å². The van der Waals surface area contributed by atoms with Crippen LogP contribution in [0.3, 0.4) is 0 Å². The largest absolute Gasteiger partial charge is 0.477 e. The molecule has 0 atom stereocenters. The van der Waals surface area contributed by atoms with Crippen LogP contribution in [0.2, 0.25) is 0 Å². The molecule has 0 amide bonds. The maximum Gasteiger partial charge on any atom is 0.352 e. The van der Waals surface area contributed by atoms with E-state index in [0.29, 0.717) is 0 Å². The first-order chi connectivity index (χ1) is 5.07. The Morgan fingerprint density at radius 2 is 2.36 bits per heavy atom. The Morgan fingerprint density at radius 3 is 2.64 bits per heavy atom. The fourth-order valence-corrected chi connectivity index (χ4v) is 0.406. The average molecular weight is 158 g/mol. The second-order valence-corrected chi connectivity index (χ2v) is 1.74. The van der Waals surface area contributed by atoms with Crippen molar-refractivity contribution in [3.8, 4) is 0 Å². The monoisotopic (exact) mass is 158 g/mol. The number of hydrazone groups is 1. The number of rotatable bonds is 3. The summed E-state index contributed by atoms with van der Waals surface area (Å²) in [5, 5.41) is 18.4. The van der Waals surface area contributed by atoms with Gasteiger partial charge in [-0.15, -0.1) is 0 Å². The number of nitrogens with two attached hydrogens (primary N) is 1. The van der Waals surface area contributed by atoms with Crippen LogP contribution in [-0.2, 0) is 4.79 Å². The number of aliphatic carboxylic acids is 1. The SMILES string of the molecule is CCC(=NNC(=N)N)C(=O)O. The molecule has 0 saturated carbocycles. The summed E-state index contributed by atoms with van der Waals surface area (Å²) in [6, 6.07) is 0. The van der Waals surface area contributed by atoms with E-state index in [4.69, 9.17) is 16.2 Å². The highest BCUT2D eigenvalue weighted by Gasteiger charge is 2.05. The number of carboxylic acids is 1. The normalized spacial score (nSPS) is 10.8. The summed E-state index contributed by atoms with van der Waals surface area (Å²) in [4.78, 5) is 10.3. The predicted octanol–water partition coefficient (Wildman–Crippen LogP) is -0.680. The van der Waals surface area contributed by atoms with E-state index in [1.54, 1.807) is 6.92 Å². The molecular weight excluding hydrogens is 148 g/mol. The molecule has 0 aliphatic rings. The van der Waals surface area contributed by atoms with E-state index in [1.807, 2.05) is 5.43 Å². The van der Waals surface area contributed by atoms with Crippen molar-refractivity contribution in [1.29, 1.82) is 5.41 Å². The zero-order chi connectivity index (χ0) is 8.85. The lowest BCUT2D eigenvalue weighted by atomic mass is 10.3. The van der Waals surface area contributed by atoms with Crippen molar-refractivity contribution in [2.24, 2.45) is 10.8 Å². The Hall–Kier alpha value is -1.59. The van der Waals surface area contributed by atoms with E-state index in [9.17, 15) is 4.79 Å². The van der Waals surface area contributed by atoms with Crippen molar-refractivity contribution in [3.05, 3.63) is 0 Å². The molecule has 0 aromatic rings. The smallest absolute Gasteiger partial charge is 0.352 e. The van der Waals surface area contributed by atoms with Crippen molar-refractivity contribution >= 4 is 17.6 Å². The van der Waals surface area contributed by atoms with Gasteiger partial charge in [-0.05, 0) is 6.42 Å². The number of nitrogens with one attached hydrogen (secondary N) is 2. The van der Waals surface area contributed by atoms with Gasteiger partial charge in [-0.2, -0.15) is 5.10 Å². The molecule has 0 aliphatic heterocycles. The summed E-state index contributed by atoms with van der Waals surface area (Å²) >= 11 is 0. The Morgan fingerprint density at radius 1 is 1.82 bits per heavy atom. The molecule has 0 bridgehead atoms. The Kier molecular flexibility index (Phi) is 3.65. The summed E-state index contributed by atoms with van der Waals surface area (Å²) in [7, 11) is 0. The molecule has 6 heteroatoms. The highest BCUT2D eigenvalue weighted by Crippen LogP contribution is 1.83. The standard InChI is InChI=1S/C5H10N4O2/c1-2-3(4(10)11)8-9-5(6)7/h2H2,1H3,(H,10,11)(H4,6,7,9). The van der Waals surface area contributed by atoms with Gasteiger partial charge in [0.15, 0.2) is 0 Å². The Labute approximate surface area is 63.6 Å². The minimum absolute atomic E-state index is 0.0554. The molecule has 62 valence electrons. The van der Waals surface area contributed by atoms with Crippen LogP contribution in [0.5, 0.6) is 0 Å². The van der Waals surface area contributed by atoms with Crippen molar-refractivity contribution in [1.82, 2.24) is 5.43 Å². The van der Waals surface area contributed by atoms with Gasteiger partial charge in [-0.1, -0.05) is 6.92 Å². The van der Waals surface area contributed by atoms with Crippen LogP contribution < -0.4 is 11.2 Å². The van der Waals surface area contributed by atoms with Gasteiger partial charge < -0.3 is 10.8 Å². The van der Waals surface area contributed by atoms with Gasteiger partial charge in [0.25, 0.3) is 0 Å². The lowest BCUT2D eigenvalue weighted by Crippen LogP contribution is -2.28. The zero-order valence-corrected chi connectivity index (χ0v) is 6.09. The fraction of sp³-hybridized carbons (Fsp3) is 0.400. The van der Waals surface area contributed by atoms with Crippen LogP contribution in [0.1, 0.15) is 13.3 Å². The molecule has 0 aromatic carbocycles. The van der Waals surface area contributed by atoms with Gasteiger partial charge >= 0.3 is 5.97 Å². The third-order valence-electron chi connectivity index (χ3n) is 0.893. The number of nitrogens with zero attached hydrogens (tertiary/aromatic N) is 1. The first-order valence-electron chi connectivity index (χ1n) is 2.97. The molecule has 0 aromatic heterocycles. The average Bonchev–Trinajstić information content (AvgIpc) is 1.87. The van der Waals surface area contributed by atoms with Crippen molar-refractivity contribution in [2.75, 3.05) is 0 Å². The van der Waals surface area contributed by atoms with Gasteiger partial charge in [0.05, 0.1) is 0 Å². The molecule has 0 fully saturated rings. The Balaban J connectivity index is 4.13. The number of carbonyl (C=O) groups is 1. The van der Waals surface area contributed by atoms with Crippen LogP contribution in [0.25, 0.3) is 0 Å². The van der Waals surface area contributed by atoms with Crippen LogP contribution in [0, 0.1) is 5.41 Å². The van der Waals surface area contributed by atoms with Crippen LogP contribution in [0.4, 0.5) is 0 Å². The topological polar surface area (TPSA) is 112 Å². The third kappa shape index (κ3) is 3.90. The number of hydrogen-bond acceptors (Lipinski definition) is 3. The number of hydrogen-bond donors (Lipinski definition) is 4. The highest BCUT2D eigenvalue weighted by atomic mass is 16.4. The van der Waals surface area contributed by atoms with E-state index >= 15 is 0 Å². The van der Waals surface area contributed by atoms with E-state index in [1.165, 1.54) is 0 Å². The molecule has 6 nitrogen and oxygen atoms in total. The lowest BCUT2D eigenvalue weighted by molar-refractivity contribution is -0.129. The van der Waals surface area contributed by atoms with Crippen LogP contribution >= 0.6 is 0 Å². The number of carboxylic acid groups (broad SMARTS) is 1. The van der Waals surface area contributed by atoms with Crippen LogP contribution in [0.15, 0.2) is 5.10 Å². The minimum atomic E-state index is -1.11. The van der Waals surface area contributed by atoms with Crippen LogP contribution in [-0.4, -0.2) is 22.7 Å². The summed E-state index contributed by atoms with van der Waals surface area (Å²) < 4.78 is 0. The fourth-order valence-electron chi connectivity index (χ4n) is 0.406. The molecule has 11 heavy (non-hydrogen) atoms. The molecule has 5 N–H and O–H groups in total. The summed E-state index contributed by atoms with van der Waals surface area (Å²) in [6.45, 7) is 1.65. The lowest BCUT2D eigenvalue weighted by Gasteiger charge is -1.97. The molecular formula is C5H10N4O2. The van der Waals surface area contributed by atoms with E-state index in [0.717, 1.165) is 0 Å². The predicted molar refractivity (Wildman–Crippen MR) is 40.4 cm³/mol. The summed E-state index contributed by atoms with van der Waals surface area (Å²) in [5.74, 6) is -1.49. The first-order valence-corrected chi connectivity index (χ1v) is 2.97. The third-order valence-corrected chi connectivity index (χ3v) is 0.893.